The van der Waals surface area contributed by atoms with Gasteiger partial charge in [-0.25, -0.2) is 0 Å². The van der Waals surface area contributed by atoms with Crippen molar-refractivity contribution in [2.24, 2.45) is 0 Å². The minimum absolute atomic E-state index is 0. The largest absolute Gasteiger partial charge is 1.00 e. The van der Waals surface area contributed by atoms with Crippen LogP contribution >= 0.6 is 0 Å². The molecule has 1 unspecified atom stereocenters. The Morgan fingerprint density at radius 2 is 1.94 bits per heavy atom. The van der Waals surface area contributed by atoms with Crippen molar-refractivity contribution in [1.82, 2.24) is 0 Å². The third-order valence-corrected chi connectivity index (χ3v) is 2.38. The van der Waals surface area contributed by atoms with Crippen molar-refractivity contribution in [2.75, 3.05) is 0 Å². The number of benzene rings is 1. The summed E-state index contributed by atoms with van der Waals surface area (Å²) in [5, 5.41) is 0. The molecule has 0 saturated heterocycles. The molecule has 1 atom stereocenters. The summed E-state index contributed by atoms with van der Waals surface area (Å²) in [6, 6.07) is 3.02. The maximum Gasteiger partial charge on any atom is 1.00 e. The zero-order valence-corrected chi connectivity index (χ0v) is 9.32. The first-order valence-corrected chi connectivity index (χ1v) is 4.83. The number of aryl methyl sites for hydroxylation is 1. The molecule has 0 aromatic heterocycles. The van der Waals surface area contributed by atoms with Crippen molar-refractivity contribution in [2.45, 2.75) is 18.2 Å². The molecule has 0 bridgehead atoms. The molecule has 0 aliphatic carbocycles. The van der Waals surface area contributed by atoms with E-state index in [4.69, 9.17) is 0 Å². The van der Waals surface area contributed by atoms with Gasteiger partial charge in [0.05, 0.1) is 0 Å². The molecule has 0 spiro atoms. The molecule has 0 aliphatic heterocycles. The van der Waals surface area contributed by atoms with Gasteiger partial charge in [-0.3, -0.25) is 4.21 Å². The van der Waals surface area contributed by atoms with E-state index in [2.05, 4.69) is 4.74 Å². The zero-order chi connectivity index (χ0) is 11.6. The molecule has 1 aromatic carbocycles. The van der Waals surface area contributed by atoms with Gasteiger partial charge in [-0.15, -0.1) is 13.2 Å². The summed E-state index contributed by atoms with van der Waals surface area (Å²) in [6.45, 7) is 1.38. The summed E-state index contributed by atoms with van der Waals surface area (Å²) in [6.07, 6.45) is -4.77. The van der Waals surface area contributed by atoms with Gasteiger partial charge in [-0.05, 0) is 41.8 Å². The van der Waals surface area contributed by atoms with E-state index in [1.54, 1.807) is 0 Å². The fourth-order valence-electron chi connectivity index (χ4n) is 1.01. The van der Waals surface area contributed by atoms with E-state index in [0.29, 0.717) is 0 Å². The van der Waals surface area contributed by atoms with Crippen LogP contribution in [0.5, 0.6) is 5.75 Å². The number of hydrogen-bond donors (Lipinski definition) is 0. The molecule has 1 rings (SSSR count). The van der Waals surface area contributed by atoms with Gasteiger partial charge in [0.15, 0.2) is 0 Å². The maximum absolute atomic E-state index is 11.8. The molecule has 0 N–H and O–H groups in total. The number of ether oxygens (including phenoxy) is 1. The molecule has 0 saturated carbocycles. The van der Waals surface area contributed by atoms with Gasteiger partial charge in [0.2, 0.25) is 0 Å². The summed E-state index contributed by atoms with van der Waals surface area (Å²) < 4.78 is 60.1. The van der Waals surface area contributed by atoms with Crippen LogP contribution in [0, 0.1) is 6.92 Å². The van der Waals surface area contributed by atoms with Crippen LogP contribution in [0.2, 0.25) is 0 Å². The van der Waals surface area contributed by atoms with E-state index in [1.807, 2.05) is 0 Å². The van der Waals surface area contributed by atoms with Crippen LogP contribution in [0.1, 0.15) is 5.56 Å². The minimum atomic E-state index is -4.77. The van der Waals surface area contributed by atoms with Gasteiger partial charge >= 0.3 is 25.2 Å². The van der Waals surface area contributed by atoms with Gasteiger partial charge < -0.3 is 9.29 Å². The molecule has 0 fully saturated rings. The van der Waals surface area contributed by atoms with Crippen LogP contribution in [0.4, 0.5) is 13.2 Å². The average molecular weight is 246 g/mol. The summed E-state index contributed by atoms with van der Waals surface area (Å²) in [5.41, 5.74) is 0.199. The Bertz CT molecular complexity index is 395. The molecule has 0 aliphatic rings. The molecule has 0 radical (unpaired) electrons. The predicted molar refractivity (Wildman–Crippen MR) is 45.0 cm³/mol. The Balaban J connectivity index is 0.00000225. The van der Waals surface area contributed by atoms with Crippen LogP contribution < -0.4 is 23.6 Å². The molecule has 84 valence electrons. The Labute approximate surface area is 104 Å². The normalized spacial score (nSPS) is 12.8. The topological polar surface area (TPSA) is 49.4 Å². The summed E-state index contributed by atoms with van der Waals surface area (Å²) >= 11 is -2.46. The Kier molecular flexibility index (Phi) is 5.56. The zero-order valence-electron chi connectivity index (χ0n) is 8.50. The van der Waals surface area contributed by atoms with Gasteiger partial charge in [-0.1, -0.05) is 0 Å². The van der Waals surface area contributed by atoms with Crippen LogP contribution in [0.15, 0.2) is 23.1 Å². The molecule has 16 heavy (non-hydrogen) atoms. The van der Waals surface area contributed by atoms with E-state index in [-0.39, 0.29) is 29.3 Å². The summed E-state index contributed by atoms with van der Waals surface area (Å²) in [7, 11) is 0. The SMILES string of the molecule is Cc1cc(OC(F)(F)F)ccc1S(=O)[O-].[Li+]. The molecule has 8 heteroatoms. The predicted octanol–water partition coefficient (Wildman–Crippen LogP) is -0.864. The number of halogens is 3. The standard InChI is InChI=1S/C8H7F3O3S.Li/c1-5-4-6(14-8(9,10)11)2-3-7(5)15(12)13;/h2-4H,1H3,(H,12,13);/q;+1/p-1. The number of hydrogen-bond acceptors (Lipinski definition) is 3. The van der Waals surface area contributed by atoms with E-state index in [9.17, 15) is 21.9 Å². The molecule has 1 aromatic rings. The monoisotopic (exact) mass is 246 g/mol. The fraction of sp³-hybridized carbons (Fsp3) is 0.250. The molecule has 0 heterocycles. The van der Waals surface area contributed by atoms with Crippen molar-refractivity contribution >= 4 is 11.1 Å². The average Bonchev–Trinajstić information content (AvgIpc) is 1.99. The van der Waals surface area contributed by atoms with Crippen molar-refractivity contribution in [3.63, 3.8) is 0 Å². The Hall–Kier alpha value is -0.483. The van der Waals surface area contributed by atoms with Gasteiger partial charge in [0.25, 0.3) is 0 Å². The van der Waals surface area contributed by atoms with Gasteiger partial charge in [0, 0.05) is 4.90 Å². The van der Waals surface area contributed by atoms with Gasteiger partial charge in [0.1, 0.15) is 5.75 Å². The van der Waals surface area contributed by atoms with E-state index in [1.165, 1.54) is 6.92 Å². The summed E-state index contributed by atoms with van der Waals surface area (Å²) in [4.78, 5) is -0.0514. The molecule has 3 nitrogen and oxygen atoms in total. The van der Waals surface area contributed by atoms with Crippen molar-refractivity contribution in [3.05, 3.63) is 23.8 Å². The first-order valence-electron chi connectivity index (χ1n) is 3.75. The number of rotatable bonds is 2. The van der Waals surface area contributed by atoms with Crippen LogP contribution in [0.3, 0.4) is 0 Å². The van der Waals surface area contributed by atoms with E-state index < -0.39 is 23.2 Å². The number of alkyl halides is 3. The van der Waals surface area contributed by atoms with Crippen LogP contribution in [-0.2, 0) is 11.1 Å². The first-order chi connectivity index (χ1) is 6.79. The smallest absolute Gasteiger partial charge is 0.768 e. The van der Waals surface area contributed by atoms with E-state index >= 15 is 0 Å². The van der Waals surface area contributed by atoms with Gasteiger partial charge in [-0.2, -0.15) is 0 Å². The Morgan fingerprint density at radius 1 is 1.38 bits per heavy atom. The second-order valence-corrected chi connectivity index (χ2v) is 3.62. The van der Waals surface area contributed by atoms with Crippen LogP contribution in [0.25, 0.3) is 0 Å². The second kappa shape index (κ2) is 5.73. The fourth-order valence-corrected chi connectivity index (χ4v) is 1.51. The van der Waals surface area contributed by atoms with Crippen molar-refractivity contribution < 1.29 is 45.5 Å². The molecule has 0 amide bonds. The molecular formula is C8H6F3LiO3S. The third-order valence-electron chi connectivity index (χ3n) is 1.56. The van der Waals surface area contributed by atoms with Crippen LogP contribution in [-0.4, -0.2) is 15.1 Å². The quantitative estimate of drug-likeness (QED) is 0.503. The van der Waals surface area contributed by atoms with Crippen molar-refractivity contribution in [3.8, 4) is 5.75 Å². The van der Waals surface area contributed by atoms with Crippen molar-refractivity contribution in [1.29, 1.82) is 0 Å². The first kappa shape index (κ1) is 15.5. The van der Waals surface area contributed by atoms with E-state index in [0.717, 1.165) is 18.2 Å². The second-order valence-electron chi connectivity index (χ2n) is 2.71. The minimum Gasteiger partial charge on any atom is -0.768 e. The third kappa shape index (κ3) is 4.57. The Morgan fingerprint density at radius 3 is 2.31 bits per heavy atom. The molecular weight excluding hydrogens is 240 g/mol. The maximum atomic E-state index is 11.8. The summed E-state index contributed by atoms with van der Waals surface area (Å²) in [5.74, 6) is -0.436.